The Hall–Kier alpha value is -1.12. The molecule has 3 heteroatoms. The van der Waals surface area contributed by atoms with Gasteiger partial charge in [0.25, 0.3) is 0 Å². The number of ketones is 1. The predicted molar refractivity (Wildman–Crippen MR) is 43.5 cm³/mol. The van der Waals surface area contributed by atoms with Gasteiger partial charge in [-0.3, -0.25) is 9.59 Å². The maximum atomic E-state index is 11.4. The largest absolute Gasteiger partial charge is 0.328 e. The van der Waals surface area contributed by atoms with Gasteiger partial charge in [0.2, 0.25) is 5.91 Å². The first-order chi connectivity index (χ1) is 5.70. The van der Waals surface area contributed by atoms with E-state index in [0.717, 1.165) is 6.42 Å². The van der Waals surface area contributed by atoms with Crippen LogP contribution in [0.2, 0.25) is 0 Å². The Morgan fingerprint density at radius 2 is 2.08 bits per heavy atom. The molecule has 2 aliphatic rings. The minimum atomic E-state index is -0.122. The number of Topliss-reactive ketones (excluding diaryl/α,β-unsaturated/α-hetero) is 1. The highest BCUT2D eigenvalue weighted by molar-refractivity contribution is 6.00. The Kier molecular flexibility index (Phi) is 1.53. The number of hydrogen-bond acceptors (Lipinski definition) is 2. The van der Waals surface area contributed by atoms with E-state index >= 15 is 0 Å². The molecule has 2 rings (SSSR count). The monoisotopic (exact) mass is 165 g/mol. The van der Waals surface area contributed by atoms with E-state index in [9.17, 15) is 9.59 Å². The third-order valence-corrected chi connectivity index (χ3v) is 2.63. The lowest BCUT2D eigenvalue weighted by atomic mass is 9.98. The van der Waals surface area contributed by atoms with Crippen LogP contribution in [0.25, 0.3) is 0 Å². The van der Waals surface area contributed by atoms with Gasteiger partial charge in [0.05, 0.1) is 6.04 Å². The Labute approximate surface area is 71.0 Å². The van der Waals surface area contributed by atoms with Crippen LogP contribution in [0.3, 0.4) is 0 Å². The number of piperidine rings is 1. The molecular formula is C9H11NO2. The lowest BCUT2D eigenvalue weighted by molar-refractivity contribution is -0.133. The Bertz CT molecular complexity index is 270. The fourth-order valence-corrected chi connectivity index (χ4v) is 1.91. The molecule has 0 aromatic rings. The van der Waals surface area contributed by atoms with Crippen LogP contribution >= 0.6 is 0 Å². The van der Waals surface area contributed by atoms with Crippen LogP contribution in [0.5, 0.6) is 0 Å². The molecule has 1 amide bonds. The molecule has 0 saturated carbocycles. The van der Waals surface area contributed by atoms with Crippen molar-refractivity contribution in [2.45, 2.75) is 25.3 Å². The van der Waals surface area contributed by atoms with E-state index in [0.29, 0.717) is 25.0 Å². The van der Waals surface area contributed by atoms with Crippen molar-refractivity contribution in [1.29, 1.82) is 0 Å². The second kappa shape index (κ2) is 2.44. The van der Waals surface area contributed by atoms with Gasteiger partial charge in [0, 0.05) is 18.5 Å². The van der Waals surface area contributed by atoms with Crippen molar-refractivity contribution in [2.75, 3.05) is 6.54 Å². The minimum Gasteiger partial charge on any atom is -0.328 e. The average molecular weight is 165 g/mol. The summed E-state index contributed by atoms with van der Waals surface area (Å²) in [6.45, 7) is 4.28. The van der Waals surface area contributed by atoms with Crippen molar-refractivity contribution in [2.24, 2.45) is 0 Å². The van der Waals surface area contributed by atoms with Crippen LogP contribution in [0.1, 0.15) is 19.3 Å². The third kappa shape index (κ3) is 0.891. The number of amides is 1. The van der Waals surface area contributed by atoms with Gasteiger partial charge in [-0.15, -0.1) is 0 Å². The van der Waals surface area contributed by atoms with E-state index in [-0.39, 0.29) is 17.7 Å². The van der Waals surface area contributed by atoms with Gasteiger partial charge in [-0.2, -0.15) is 0 Å². The normalized spacial score (nSPS) is 29.5. The molecule has 1 atom stereocenters. The number of carbonyl (C=O) groups excluding carboxylic acids is 2. The van der Waals surface area contributed by atoms with Crippen LogP contribution in [0.15, 0.2) is 12.2 Å². The fraction of sp³-hybridized carbons (Fsp3) is 0.556. The van der Waals surface area contributed by atoms with E-state index in [4.69, 9.17) is 0 Å². The lowest BCUT2D eigenvalue weighted by Crippen LogP contribution is -2.42. The van der Waals surface area contributed by atoms with Gasteiger partial charge in [-0.05, 0) is 12.8 Å². The molecule has 0 aliphatic carbocycles. The van der Waals surface area contributed by atoms with Crippen LogP contribution in [0.4, 0.5) is 0 Å². The fourth-order valence-electron chi connectivity index (χ4n) is 1.91. The standard InChI is InChI=1S/C9H11NO2/c1-6-2-3-7-8(11)4-5-10(7)9(6)12/h7H,1-5H2. The first-order valence-corrected chi connectivity index (χ1v) is 4.21. The van der Waals surface area contributed by atoms with Crippen molar-refractivity contribution >= 4 is 11.7 Å². The zero-order valence-electron chi connectivity index (χ0n) is 6.88. The number of rotatable bonds is 0. The molecule has 0 aromatic carbocycles. The zero-order chi connectivity index (χ0) is 8.72. The van der Waals surface area contributed by atoms with Crippen molar-refractivity contribution in [3.63, 3.8) is 0 Å². The Morgan fingerprint density at radius 3 is 2.83 bits per heavy atom. The highest BCUT2D eigenvalue weighted by Gasteiger charge is 2.39. The van der Waals surface area contributed by atoms with E-state index in [2.05, 4.69) is 6.58 Å². The summed E-state index contributed by atoms with van der Waals surface area (Å²) in [6.07, 6.45) is 2.00. The Morgan fingerprint density at radius 1 is 1.33 bits per heavy atom. The molecule has 12 heavy (non-hydrogen) atoms. The van der Waals surface area contributed by atoms with Gasteiger partial charge in [-0.1, -0.05) is 6.58 Å². The maximum Gasteiger partial charge on any atom is 0.249 e. The van der Waals surface area contributed by atoms with Crippen LogP contribution < -0.4 is 0 Å². The SMILES string of the molecule is C=C1CCC2C(=O)CCN2C1=O. The molecule has 0 aromatic heterocycles. The average Bonchev–Trinajstić information content (AvgIpc) is 2.41. The van der Waals surface area contributed by atoms with Crippen LogP contribution in [-0.4, -0.2) is 29.2 Å². The summed E-state index contributed by atoms with van der Waals surface area (Å²) in [4.78, 5) is 24.3. The second-order valence-electron chi connectivity index (χ2n) is 3.37. The van der Waals surface area contributed by atoms with E-state index < -0.39 is 0 Å². The lowest BCUT2D eigenvalue weighted by Gasteiger charge is -2.29. The number of fused-ring (bicyclic) bond motifs is 1. The summed E-state index contributed by atoms with van der Waals surface area (Å²) in [7, 11) is 0. The minimum absolute atomic E-state index is 0.0166. The summed E-state index contributed by atoms with van der Waals surface area (Å²) in [6, 6.07) is -0.122. The Balaban J connectivity index is 2.25. The van der Waals surface area contributed by atoms with E-state index in [1.54, 1.807) is 4.90 Å². The third-order valence-electron chi connectivity index (χ3n) is 2.63. The topological polar surface area (TPSA) is 37.4 Å². The molecule has 0 radical (unpaired) electrons. The van der Waals surface area contributed by atoms with Crippen LogP contribution in [-0.2, 0) is 9.59 Å². The second-order valence-corrected chi connectivity index (χ2v) is 3.37. The summed E-state index contributed by atoms with van der Waals surface area (Å²) in [5.41, 5.74) is 0.654. The summed E-state index contributed by atoms with van der Waals surface area (Å²) >= 11 is 0. The molecule has 1 unspecified atom stereocenters. The molecule has 2 saturated heterocycles. The number of hydrogen-bond donors (Lipinski definition) is 0. The molecule has 64 valence electrons. The van der Waals surface area contributed by atoms with Gasteiger partial charge >= 0.3 is 0 Å². The van der Waals surface area contributed by atoms with Crippen molar-refractivity contribution < 1.29 is 9.59 Å². The molecule has 0 spiro atoms. The molecule has 2 fully saturated rings. The predicted octanol–water partition coefficient (Wildman–Crippen LogP) is 0.506. The highest BCUT2D eigenvalue weighted by Crippen LogP contribution is 2.27. The van der Waals surface area contributed by atoms with Crippen molar-refractivity contribution in [3.05, 3.63) is 12.2 Å². The molecule has 3 nitrogen and oxygen atoms in total. The smallest absolute Gasteiger partial charge is 0.249 e. The first kappa shape index (κ1) is 7.53. The van der Waals surface area contributed by atoms with Gasteiger partial charge in [-0.25, -0.2) is 0 Å². The zero-order valence-corrected chi connectivity index (χ0v) is 6.88. The van der Waals surface area contributed by atoms with E-state index in [1.807, 2.05) is 0 Å². The molecule has 0 N–H and O–H groups in total. The molecule has 2 heterocycles. The van der Waals surface area contributed by atoms with Crippen LogP contribution in [0, 0.1) is 0 Å². The van der Waals surface area contributed by atoms with Gasteiger partial charge in [0.1, 0.15) is 0 Å². The summed E-state index contributed by atoms with van der Waals surface area (Å²) < 4.78 is 0. The maximum absolute atomic E-state index is 11.4. The van der Waals surface area contributed by atoms with Gasteiger partial charge in [0.15, 0.2) is 5.78 Å². The van der Waals surface area contributed by atoms with Gasteiger partial charge < -0.3 is 4.90 Å². The summed E-state index contributed by atoms with van der Waals surface area (Å²) in [5, 5.41) is 0. The molecule has 0 bridgehead atoms. The number of nitrogens with zero attached hydrogens (tertiary/aromatic N) is 1. The number of carbonyl (C=O) groups is 2. The quantitative estimate of drug-likeness (QED) is 0.490. The molecular weight excluding hydrogens is 154 g/mol. The van der Waals surface area contributed by atoms with E-state index in [1.165, 1.54) is 0 Å². The first-order valence-electron chi connectivity index (χ1n) is 4.21. The summed E-state index contributed by atoms with van der Waals surface area (Å²) in [5.74, 6) is 0.202. The highest BCUT2D eigenvalue weighted by atomic mass is 16.2. The molecule has 2 aliphatic heterocycles. The van der Waals surface area contributed by atoms with Crippen molar-refractivity contribution in [1.82, 2.24) is 4.90 Å². The van der Waals surface area contributed by atoms with Crippen molar-refractivity contribution in [3.8, 4) is 0 Å².